The molecule has 1 saturated heterocycles. The van der Waals surface area contributed by atoms with E-state index in [0.29, 0.717) is 46.6 Å². The molecule has 5 rings (SSSR count). The van der Waals surface area contributed by atoms with E-state index in [2.05, 4.69) is 10.3 Å². The standard InChI is InChI=1S/C27H23Cl2FN4O6/c28-17-11-20(29)26(31-12-17)33-10-9-16(14-39-22-7-6-21(30)25-19(22)5-8-24(35)32-25)23(13-33)40-27(36)15-1-3-18(4-2-15)34(37)38/h1-4,6-7,11-12,16,23H,5,8-10,13-14H2,(H,32,35). The first-order chi connectivity index (χ1) is 19.2. The van der Waals surface area contributed by atoms with Gasteiger partial charge >= 0.3 is 5.97 Å². The molecule has 1 fully saturated rings. The van der Waals surface area contributed by atoms with Crippen molar-refractivity contribution in [3.8, 4) is 5.75 Å². The van der Waals surface area contributed by atoms with Crippen LogP contribution in [-0.4, -0.2) is 47.6 Å². The van der Waals surface area contributed by atoms with E-state index in [1.165, 1.54) is 42.6 Å². The van der Waals surface area contributed by atoms with Crippen LogP contribution < -0.4 is 15.0 Å². The zero-order chi connectivity index (χ0) is 28.4. The summed E-state index contributed by atoms with van der Waals surface area (Å²) in [5, 5.41) is 14.3. The molecule has 40 heavy (non-hydrogen) atoms. The lowest BCUT2D eigenvalue weighted by Gasteiger charge is -2.38. The molecule has 13 heteroatoms. The topological polar surface area (TPSA) is 124 Å². The second-order valence-corrected chi connectivity index (χ2v) is 10.3. The number of benzene rings is 2. The van der Waals surface area contributed by atoms with Crippen molar-refractivity contribution in [1.29, 1.82) is 0 Å². The first-order valence-electron chi connectivity index (χ1n) is 12.4. The Morgan fingerprint density at radius 3 is 2.70 bits per heavy atom. The molecule has 3 aromatic rings. The van der Waals surface area contributed by atoms with Crippen molar-refractivity contribution in [1.82, 2.24) is 4.98 Å². The number of non-ortho nitro benzene ring substituents is 1. The van der Waals surface area contributed by atoms with E-state index in [-0.39, 0.29) is 48.3 Å². The summed E-state index contributed by atoms with van der Waals surface area (Å²) in [7, 11) is 0. The van der Waals surface area contributed by atoms with Crippen molar-refractivity contribution in [2.24, 2.45) is 5.92 Å². The fourth-order valence-electron chi connectivity index (χ4n) is 4.80. The maximum atomic E-state index is 14.3. The zero-order valence-corrected chi connectivity index (χ0v) is 22.5. The Hall–Kier alpha value is -3.96. The normalized spacial score (nSPS) is 18.5. The number of nitro groups is 1. The number of fused-ring (bicyclic) bond motifs is 1. The minimum atomic E-state index is -0.666. The number of nitrogens with zero attached hydrogens (tertiary/aromatic N) is 3. The van der Waals surface area contributed by atoms with Gasteiger partial charge in [-0.1, -0.05) is 23.2 Å². The maximum absolute atomic E-state index is 14.3. The Morgan fingerprint density at radius 1 is 1.20 bits per heavy atom. The molecule has 1 amide bonds. The van der Waals surface area contributed by atoms with Crippen molar-refractivity contribution >= 4 is 52.3 Å². The molecule has 3 heterocycles. The van der Waals surface area contributed by atoms with Crippen molar-refractivity contribution in [3.05, 3.63) is 85.8 Å². The molecular weight excluding hydrogens is 566 g/mol. The number of pyridine rings is 1. The number of anilines is 2. The predicted molar refractivity (Wildman–Crippen MR) is 146 cm³/mol. The Labute approximate surface area is 238 Å². The molecular formula is C27H23Cl2FN4O6. The molecule has 2 aliphatic rings. The fraction of sp³-hybridized carbons (Fsp3) is 0.296. The quantitative estimate of drug-likeness (QED) is 0.219. The van der Waals surface area contributed by atoms with Gasteiger partial charge in [-0.15, -0.1) is 0 Å². The minimum absolute atomic E-state index is 0.119. The van der Waals surface area contributed by atoms with Crippen LogP contribution in [0.25, 0.3) is 0 Å². The monoisotopic (exact) mass is 588 g/mol. The number of nitrogens with one attached hydrogen (secondary N) is 1. The maximum Gasteiger partial charge on any atom is 0.338 e. The predicted octanol–water partition coefficient (Wildman–Crippen LogP) is 5.45. The smallest absolute Gasteiger partial charge is 0.338 e. The molecule has 2 aliphatic heterocycles. The van der Waals surface area contributed by atoms with E-state index in [1.807, 2.05) is 4.90 Å². The fourth-order valence-corrected chi connectivity index (χ4v) is 5.30. The van der Waals surface area contributed by atoms with Crippen LogP contribution >= 0.6 is 23.2 Å². The molecule has 1 N–H and O–H groups in total. The zero-order valence-electron chi connectivity index (χ0n) is 20.9. The van der Waals surface area contributed by atoms with E-state index < -0.39 is 22.8 Å². The Bertz CT molecular complexity index is 1470. The number of hydrogen-bond donors (Lipinski definition) is 1. The lowest BCUT2D eigenvalue weighted by atomic mass is 9.94. The summed E-state index contributed by atoms with van der Waals surface area (Å²) in [5.41, 5.74) is 0.712. The minimum Gasteiger partial charge on any atom is -0.493 e. The van der Waals surface area contributed by atoms with E-state index >= 15 is 0 Å². The molecule has 0 bridgehead atoms. The highest BCUT2D eigenvalue weighted by Gasteiger charge is 2.35. The van der Waals surface area contributed by atoms with Gasteiger partial charge in [0.1, 0.15) is 23.5 Å². The molecule has 1 aromatic heterocycles. The van der Waals surface area contributed by atoms with Crippen LogP contribution in [-0.2, 0) is 16.0 Å². The number of esters is 1. The van der Waals surface area contributed by atoms with Crippen molar-refractivity contribution in [2.45, 2.75) is 25.4 Å². The Kier molecular flexibility index (Phi) is 8.04. The summed E-state index contributed by atoms with van der Waals surface area (Å²) in [5.74, 6) is -0.770. The van der Waals surface area contributed by atoms with Crippen LogP contribution in [0.4, 0.5) is 21.6 Å². The van der Waals surface area contributed by atoms with Crippen LogP contribution in [0.1, 0.15) is 28.8 Å². The highest BCUT2D eigenvalue weighted by atomic mass is 35.5. The van der Waals surface area contributed by atoms with E-state index in [9.17, 15) is 24.1 Å². The van der Waals surface area contributed by atoms with Crippen LogP contribution in [0, 0.1) is 21.8 Å². The third-order valence-electron chi connectivity index (χ3n) is 6.89. The summed E-state index contributed by atoms with van der Waals surface area (Å²) in [6, 6.07) is 9.48. The van der Waals surface area contributed by atoms with E-state index in [0.717, 1.165) is 0 Å². The highest BCUT2D eigenvalue weighted by molar-refractivity contribution is 6.36. The second-order valence-electron chi connectivity index (χ2n) is 9.46. The van der Waals surface area contributed by atoms with Crippen LogP contribution in [0.2, 0.25) is 10.0 Å². The number of nitro benzene ring substituents is 1. The van der Waals surface area contributed by atoms with Crippen LogP contribution in [0.3, 0.4) is 0 Å². The van der Waals surface area contributed by atoms with Gasteiger partial charge in [0, 0.05) is 42.8 Å². The molecule has 208 valence electrons. The van der Waals surface area contributed by atoms with Gasteiger partial charge in [0.25, 0.3) is 5.69 Å². The number of halogens is 3. The van der Waals surface area contributed by atoms with E-state index in [4.69, 9.17) is 32.7 Å². The third-order valence-corrected chi connectivity index (χ3v) is 7.38. The molecule has 2 atom stereocenters. The number of ether oxygens (including phenoxy) is 2. The van der Waals surface area contributed by atoms with Gasteiger partial charge in [-0.05, 0) is 43.2 Å². The van der Waals surface area contributed by atoms with Gasteiger partial charge in [-0.25, -0.2) is 14.2 Å². The number of aromatic nitrogens is 1. The molecule has 2 aromatic carbocycles. The lowest BCUT2D eigenvalue weighted by Crippen LogP contribution is -2.48. The summed E-state index contributed by atoms with van der Waals surface area (Å²) in [6.07, 6.45) is 1.91. The van der Waals surface area contributed by atoms with Gasteiger partial charge < -0.3 is 19.7 Å². The molecule has 0 radical (unpaired) electrons. The summed E-state index contributed by atoms with van der Waals surface area (Å²) in [4.78, 5) is 41.5. The average Bonchev–Trinajstić information content (AvgIpc) is 2.93. The molecule has 0 spiro atoms. The number of carbonyl (C=O) groups excluding carboxylic acids is 2. The molecule has 0 saturated carbocycles. The Morgan fingerprint density at radius 2 is 1.98 bits per heavy atom. The van der Waals surface area contributed by atoms with Crippen molar-refractivity contribution < 1.29 is 28.4 Å². The van der Waals surface area contributed by atoms with Gasteiger partial charge in [0.15, 0.2) is 0 Å². The highest BCUT2D eigenvalue weighted by Crippen LogP contribution is 2.35. The van der Waals surface area contributed by atoms with Crippen LogP contribution in [0.5, 0.6) is 5.75 Å². The molecule has 10 nitrogen and oxygen atoms in total. The second kappa shape index (κ2) is 11.6. The van der Waals surface area contributed by atoms with Crippen molar-refractivity contribution in [2.75, 3.05) is 29.9 Å². The summed E-state index contributed by atoms with van der Waals surface area (Å²) < 4.78 is 26.3. The first kappa shape index (κ1) is 27.6. The number of piperidine rings is 1. The van der Waals surface area contributed by atoms with E-state index in [1.54, 1.807) is 6.07 Å². The van der Waals surface area contributed by atoms with Gasteiger partial charge in [0.05, 0.1) is 39.4 Å². The number of rotatable bonds is 7. The lowest BCUT2D eigenvalue weighted by molar-refractivity contribution is -0.384. The largest absolute Gasteiger partial charge is 0.493 e. The molecule has 2 unspecified atom stereocenters. The SMILES string of the molecule is O=C1CCc2c(OCC3CCN(c4ncc(Cl)cc4Cl)CC3OC(=O)c3ccc([N+](=O)[O-])cc3)ccc(F)c2N1. The first-order valence-corrected chi connectivity index (χ1v) is 13.2. The summed E-state index contributed by atoms with van der Waals surface area (Å²) in [6.45, 7) is 0.935. The number of carbonyl (C=O) groups is 2. The van der Waals surface area contributed by atoms with Gasteiger partial charge in [0.2, 0.25) is 5.91 Å². The number of hydrogen-bond acceptors (Lipinski definition) is 8. The molecule has 0 aliphatic carbocycles. The van der Waals surface area contributed by atoms with Crippen molar-refractivity contribution in [3.63, 3.8) is 0 Å². The Balaban J connectivity index is 1.36. The third kappa shape index (κ3) is 5.95. The van der Waals surface area contributed by atoms with Crippen LogP contribution in [0.15, 0.2) is 48.7 Å². The van der Waals surface area contributed by atoms with Gasteiger partial charge in [-0.2, -0.15) is 0 Å². The average molecular weight is 589 g/mol. The summed E-state index contributed by atoms with van der Waals surface area (Å²) >= 11 is 12.4. The number of amides is 1. The van der Waals surface area contributed by atoms with Gasteiger partial charge in [-0.3, -0.25) is 14.9 Å².